The van der Waals surface area contributed by atoms with Crippen molar-refractivity contribution in [1.29, 1.82) is 0 Å². The number of ether oxygens (including phenoxy) is 2. The lowest BCUT2D eigenvalue weighted by atomic mass is 10.1. The second-order valence-corrected chi connectivity index (χ2v) is 4.83. The van der Waals surface area contributed by atoms with Crippen molar-refractivity contribution in [3.63, 3.8) is 0 Å². The number of halogens is 1. The second kappa shape index (κ2) is 8.89. The number of nitrogens with zero attached hydrogens (tertiary/aromatic N) is 1. The molecular formula is C15H25FN2O2. The maximum atomic E-state index is 14.1. The molecule has 0 heterocycles. The minimum absolute atomic E-state index is 0.106. The minimum atomic E-state index is -0.207. The van der Waals surface area contributed by atoms with Gasteiger partial charge in [0.25, 0.3) is 0 Å². The molecule has 1 aromatic carbocycles. The van der Waals surface area contributed by atoms with Crippen molar-refractivity contribution in [2.24, 2.45) is 0 Å². The molecule has 0 aliphatic heterocycles. The molecular weight excluding hydrogens is 259 g/mol. The van der Waals surface area contributed by atoms with Crippen LogP contribution in [0.2, 0.25) is 0 Å². The van der Waals surface area contributed by atoms with Crippen LogP contribution in [-0.4, -0.2) is 47.1 Å². The van der Waals surface area contributed by atoms with Crippen molar-refractivity contribution >= 4 is 5.69 Å². The predicted octanol–water partition coefficient (Wildman–Crippen LogP) is 2.03. The summed E-state index contributed by atoms with van der Waals surface area (Å²) in [5, 5.41) is 3.25. The molecule has 20 heavy (non-hydrogen) atoms. The first-order chi connectivity index (χ1) is 9.61. The normalized spacial score (nSPS) is 12.4. The number of benzene rings is 1. The molecule has 0 saturated heterocycles. The summed E-state index contributed by atoms with van der Waals surface area (Å²) in [5.41, 5.74) is 1.56. The van der Waals surface area contributed by atoms with E-state index in [1.54, 1.807) is 20.3 Å². The lowest BCUT2D eigenvalue weighted by molar-refractivity contribution is 0.183. The van der Waals surface area contributed by atoms with Gasteiger partial charge in [0, 0.05) is 40.4 Å². The first-order valence-electron chi connectivity index (χ1n) is 6.80. The number of likely N-dealkylation sites (N-methyl/N-ethyl adjacent to an activating group) is 1. The van der Waals surface area contributed by atoms with E-state index in [9.17, 15) is 4.39 Å². The van der Waals surface area contributed by atoms with E-state index in [0.717, 1.165) is 12.1 Å². The van der Waals surface area contributed by atoms with E-state index < -0.39 is 0 Å². The summed E-state index contributed by atoms with van der Waals surface area (Å²) in [6.07, 6.45) is 0. The van der Waals surface area contributed by atoms with Crippen LogP contribution in [-0.2, 0) is 16.0 Å². The van der Waals surface area contributed by atoms with Crippen LogP contribution in [0, 0.1) is 5.82 Å². The van der Waals surface area contributed by atoms with Gasteiger partial charge in [0.2, 0.25) is 0 Å². The van der Waals surface area contributed by atoms with Gasteiger partial charge in [-0.1, -0.05) is 12.1 Å². The van der Waals surface area contributed by atoms with E-state index >= 15 is 0 Å². The zero-order valence-corrected chi connectivity index (χ0v) is 12.8. The molecule has 1 rings (SSSR count). The van der Waals surface area contributed by atoms with Crippen LogP contribution >= 0.6 is 0 Å². The molecule has 0 aliphatic carbocycles. The molecule has 1 unspecified atom stereocenters. The molecule has 0 fully saturated rings. The highest BCUT2D eigenvalue weighted by Gasteiger charge is 2.17. The third-order valence-electron chi connectivity index (χ3n) is 3.29. The van der Waals surface area contributed by atoms with Crippen LogP contribution in [0.4, 0.5) is 10.1 Å². The summed E-state index contributed by atoms with van der Waals surface area (Å²) in [4.78, 5) is 1.92. The summed E-state index contributed by atoms with van der Waals surface area (Å²) < 4.78 is 24.3. The Morgan fingerprint density at radius 3 is 2.70 bits per heavy atom. The van der Waals surface area contributed by atoms with Gasteiger partial charge in [-0.25, -0.2) is 4.39 Å². The Hall–Kier alpha value is -1.17. The van der Waals surface area contributed by atoms with Crippen LogP contribution in [0.5, 0.6) is 0 Å². The number of anilines is 1. The van der Waals surface area contributed by atoms with Crippen LogP contribution < -0.4 is 10.2 Å². The standard InChI is InChI=1S/C15H25FN2O2/c1-12(11-20-4)18(2)15-13(6-5-7-14(15)16)10-17-8-9-19-3/h5-7,12,17H,8-11H2,1-4H3. The number of para-hydroxylation sites is 1. The zero-order valence-electron chi connectivity index (χ0n) is 12.8. The first-order valence-corrected chi connectivity index (χ1v) is 6.80. The van der Waals surface area contributed by atoms with Crippen molar-refractivity contribution < 1.29 is 13.9 Å². The summed E-state index contributed by atoms with van der Waals surface area (Å²) in [5.74, 6) is -0.207. The van der Waals surface area contributed by atoms with Crippen molar-refractivity contribution in [2.75, 3.05) is 45.9 Å². The van der Waals surface area contributed by atoms with Crippen LogP contribution in [0.3, 0.4) is 0 Å². The summed E-state index contributed by atoms with van der Waals surface area (Å²) in [6.45, 7) is 4.56. The van der Waals surface area contributed by atoms with E-state index in [2.05, 4.69) is 5.32 Å². The predicted molar refractivity (Wildman–Crippen MR) is 79.7 cm³/mol. The van der Waals surface area contributed by atoms with Crippen molar-refractivity contribution in [1.82, 2.24) is 5.32 Å². The maximum Gasteiger partial charge on any atom is 0.146 e. The lowest BCUT2D eigenvalue weighted by Crippen LogP contribution is -2.34. The van der Waals surface area contributed by atoms with Crippen LogP contribution in [0.15, 0.2) is 18.2 Å². The van der Waals surface area contributed by atoms with Crippen LogP contribution in [0.1, 0.15) is 12.5 Å². The smallest absolute Gasteiger partial charge is 0.146 e. The molecule has 0 saturated carbocycles. The highest BCUT2D eigenvalue weighted by atomic mass is 19.1. The molecule has 0 aliphatic rings. The number of rotatable bonds is 9. The van der Waals surface area contributed by atoms with Gasteiger partial charge >= 0.3 is 0 Å². The fraction of sp³-hybridized carbons (Fsp3) is 0.600. The van der Waals surface area contributed by atoms with Gasteiger partial charge in [0.15, 0.2) is 0 Å². The molecule has 1 N–H and O–H groups in total. The van der Waals surface area contributed by atoms with Gasteiger partial charge in [-0.2, -0.15) is 0 Å². The first kappa shape index (κ1) is 16.9. The largest absolute Gasteiger partial charge is 0.383 e. The minimum Gasteiger partial charge on any atom is -0.383 e. The Kier molecular flexibility index (Phi) is 7.51. The van der Waals surface area contributed by atoms with Crippen molar-refractivity contribution in [3.8, 4) is 0 Å². The van der Waals surface area contributed by atoms with E-state index in [4.69, 9.17) is 9.47 Å². The van der Waals surface area contributed by atoms with Crippen molar-refractivity contribution in [3.05, 3.63) is 29.6 Å². The van der Waals surface area contributed by atoms with E-state index in [0.29, 0.717) is 25.4 Å². The second-order valence-electron chi connectivity index (χ2n) is 4.83. The summed E-state index contributed by atoms with van der Waals surface area (Å²) in [6, 6.07) is 5.27. The average Bonchev–Trinajstić information content (AvgIpc) is 2.43. The maximum absolute atomic E-state index is 14.1. The van der Waals surface area contributed by atoms with Crippen LogP contribution in [0.25, 0.3) is 0 Å². The molecule has 5 heteroatoms. The highest BCUT2D eigenvalue weighted by molar-refractivity contribution is 5.55. The average molecular weight is 284 g/mol. The molecule has 0 amide bonds. The van der Waals surface area contributed by atoms with Gasteiger partial charge < -0.3 is 19.7 Å². The molecule has 1 atom stereocenters. The SMILES string of the molecule is COCCNCc1cccc(F)c1N(C)C(C)COC. The number of hydrogen-bond acceptors (Lipinski definition) is 4. The topological polar surface area (TPSA) is 33.7 Å². The van der Waals surface area contributed by atoms with Gasteiger partial charge in [-0.15, -0.1) is 0 Å². The fourth-order valence-electron chi connectivity index (χ4n) is 2.07. The third-order valence-corrected chi connectivity index (χ3v) is 3.29. The Bertz CT molecular complexity index is 401. The zero-order chi connectivity index (χ0) is 15.0. The summed E-state index contributed by atoms with van der Waals surface area (Å²) >= 11 is 0. The van der Waals surface area contributed by atoms with Gasteiger partial charge in [-0.05, 0) is 18.6 Å². The van der Waals surface area contributed by atoms with Gasteiger partial charge in [0.05, 0.1) is 18.9 Å². The monoisotopic (exact) mass is 284 g/mol. The Labute approximate surface area is 120 Å². The molecule has 0 spiro atoms. The summed E-state index contributed by atoms with van der Waals surface area (Å²) in [7, 11) is 5.20. The molecule has 114 valence electrons. The van der Waals surface area contributed by atoms with Gasteiger partial charge in [0.1, 0.15) is 5.82 Å². The molecule has 4 nitrogen and oxygen atoms in total. The lowest BCUT2D eigenvalue weighted by Gasteiger charge is -2.29. The Balaban J connectivity index is 2.81. The third kappa shape index (κ3) is 4.74. The molecule has 0 bridgehead atoms. The van der Waals surface area contributed by atoms with E-state index in [1.165, 1.54) is 6.07 Å². The highest BCUT2D eigenvalue weighted by Crippen LogP contribution is 2.25. The van der Waals surface area contributed by atoms with Crippen molar-refractivity contribution in [2.45, 2.75) is 19.5 Å². The van der Waals surface area contributed by atoms with E-state index in [1.807, 2.05) is 24.9 Å². The Morgan fingerprint density at radius 2 is 2.05 bits per heavy atom. The Morgan fingerprint density at radius 1 is 1.30 bits per heavy atom. The fourth-order valence-corrected chi connectivity index (χ4v) is 2.07. The number of hydrogen-bond donors (Lipinski definition) is 1. The van der Waals surface area contributed by atoms with E-state index in [-0.39, 0.29) is 11.9 Å². The van der Waals surface area contributed by atoms with Gasteiger partial charge in [-0.3, -0.25) is 0 Å². The molecule has 0 aromatic heterocycles. The number of methoxy groups -OCH3 is 2. The molecule has 1 aromatic rings. The quantitative estimate of drug-likeness (QED) is 0.704. The number of nitrogens with one attached hydrogen (secondary N) is 1. The molecule has 0 radical (unpaired) electrons.